The predicted molar refractivity (Wildman–Crippen MR) is 87.7 cm³/mol. The summed E-state index contributed by atoms with van der Waals surface area (Å²) in [6, 6.07) is -1.21. The van der Waals surface area contributed by atoms with Crippen molar-refractivity contribution >= 4 is 11.9 Å². The minimum Gasteiger partial charge on any atom is -0.480 e. The Kier molecular flexibility index (Phi) is 12.9. The Balaban J connectivity index is 3.51. The van der Waals surface area contributed by atoms with Gasteiger partial charge in [0.05, 0.1) is 6.10 Å². The Bertz CT molecular complexity index is 305. The van der Waals surface area contributed by atoms with Crippen LogP contribution in [0.4, 0.5) is 0 Å². The lowest BCUT2D eigenvalue weighted by atomic mass is 10.1. The predicted octanol–water partition coefficient (Wildman–Crippen LogP) is 3.25. The second kappa shape index (κ2) is 13.6. The van der Waals surface area contributed by atoms with Gasteiger partial charge in [0.25, 0.3) is 0 Å². The molecule has 130 valence electrons. The van der Waals surface area contributed by atoms with E-state index < -0.39 is 18.1 Å². The van der Waals surface area contributed by atoms with Gasteiger partial charge in [-0.2, -0.15) is 0 Å². The highest BCUT2D eigenvalue weighted by atomic mass is 16.4. The van der Waals surface area contributed by atoms with Gasteiger partial charge in [-0.1, -0.05) is 64.7 Å². The van der Waals surface area contributed by atoms with Crippen LogP contribution in [0.5, 0.6) is 0 Å². The average molecular weight is 315 g/mol. The van der Waals surface area contributed by atoms with E-state index in [1.165, 1.54) is 51.9 Å². The van der Waals surface area contributed by atoms with Gasteiger partial charge in [0, 0.05) is 6.42 Å². The molecule has 0 aromatic rings. The van der Waals surface area contributed by atoms with Crippen molar-refractivity contribution in [1.29, 1.82) is 0 Å². The van der Waals surface area contributed by atoms with Crippen LogP contribution in [0, 0.1) is 0 Å². The zero-order valence-electron chi connectivity index (χ0n) is 14.1. The summed E-state index contributed by atoms with van der Waals surface area (Å²) in [5.41, 5.74) is 0. The monoisotopic (exact) mass is 315 g/mol. The van der Waals surface area contributed by atoms with Gasteiger partial charge in [-0.05, 0) is 13.3 Å². The molecule has 0 bridgehead atoms. The van der Waals surface area contributed by atoms with Gasteiger partial charge in [0.15, 0.2) is 6.04 Å². The Hall–Kier alpha value is -1.10. The van der Waals surface area contributed by atoms with Crippen LogP contribution in [0.15, 0.2) is 0 Å². The first-order valence-electron chi connectivity index (χ1n) is 8.69. The molecule has 1 amide bonds. The van der Waals surface area contributed by atoms with E-state index in [2.05, 4.69) is 12.2 Å². The van der Waals surface area contributed by atoms with Gasteiger partial charge in [-0.25, -0.2) is 4.79 Å². The van der Waals surface area contributed by atoms with Crippen molar-refractivity contribution in [2.45, 2.75) is 96.6 Å². The van der Waals surface area contributed by atoms with Crippen molar-refractivity contribution in [2.24, 2.45) is 0 Å². The molecule has 0 aromatic carbocycles. The zero-order valence-corrected chi connectivity index (χ0v) is 14.1. The number of carboxylic acids is 1. The maximum Gasteiger partial charge on any atom is 0.328 e. The molecular weight excluding hydrogens is 282 g/mol. The molecule has 0 saturated heterocycles. The Morgan fingerprint density at radius 1 is 0.909 bits per heavy atom. The number of nitrogens with one attached hydrogen (secondary N) is 1. The third kappa shape index (κ3) is 11.5. The molecule has 0 radical (unpaired) electrons. The molecule has 2 atom stereocenters. The van der Waals surface area contributed by atoms with E-state index in [0.29, 0.717) is 6.42 Å². The zero-order chi connectivity index (χ0) is 16.8. The van der Waals surface area contributed by atoms with E-state index in [4.69, 9.17) is 5.11 Å². The minimum absolute atomic E-state index is 0.298. The number of carbonyl (C=O) groups excluding carboxylic acids is 1. The smallest absolute Gasteiger partial charge is 0.328 e. The Morgan fingerprint density at radius 2 is 1.36 bits per heavy atom. The molecule has 0 aliphatic heterocycles. The molecule has 0 spiro atoms. The molecule has 0 rings (SSSR count). The summed E-state index contributed by atoms with van der Waals surface area (Å²) in [7, 11) is 0. The second-order valence-electron chi connectivity index (χ2n) is 6.06. The highest BCUT2D eigenvalue weighted by molar-refractivity contribution is 5.83. The van der Waals surface area contributed by atoms with E-state index in [1.54, 1.807) is 0 Å². The third-order valence-electron chi connectivity index (χ3n) is 3.82. The largest absolute Gasteiger partial charge is 0.480 e. The molecule has 3 N–H and O–H groups in total. The van der Waals surface area contributed by atoms with Crippen LogP contribution < -0.4 is 5.32 Å². The van der Waals surface area contributed by atoms with Crippen molar-refractivity contribution in [1.82, 2.24) is 5.32 Å². The normalized spacial score (nSPS) is 13.6. The number of rotatable bonds is 14. The number of aliphatic carboxylic acids is 1. The average Bonchev–Trinajstić information content (AvgIpc) is 2.46. The maximum atomic E-state index is 11.6. The molecule has 0 saturated carbocycles. The van der Waals surface area contributed by atoms with Gasteiger partial charge < -0.3 is 15.5 Å². The lowest BCUT2D eigenvalue weighted by Gasteiger charge is -2.16. The third-order valence-corrected chi connectivity index (χ3v) is 3.82. The van der Waals surface area contributed by atoms with Crippen LogP contribution in [-0.2, 0) is 9.59 Å². The van der Waals surface area contributed by atoms with E-state index in [9.17, 15) is 14.7 Å². The standard InChI is InChI=1S/C17H33NO4/c1-3-4-5-6-7-8-9-10-11-12-13-15(20)18-16(14(2)19)17(21)22/h14,16,19H,3-13H2,1-2H3,(H,18,20)(H,21,22)/t14-,16+/m1/s1. The Labute approximate surface area is 134 Å². The molecule has 0 aliphatic rings. The van der Waals surface area contributed by atoms with E-state index >= 15 is 0 Å². The summed E-state index contributed by atoms with van der Waals surface area (Å²) < 4.78 is 0. The van der Waals surface area contributed by atoms with Crippen LogP contribution in [0.25, 0.3) is 0 Å². The number of carbonyl (C=O) groups is 2. The molecule has 0 unspecified atom stereocenters. The van der Waals surface area contributed by atoms with Gasteiger partial charge in [0.1, 0.15) is 0 Å². The van der Waals surface area contributed by atoms with Crippen LogP contribution in [0.2, 0.25) is 0 Å². The van der Waals surface area contributed by atoms with Crippen LogP contribution >= 0.6 is 0 Å². The summed E-state index contributed by atoms with van der Waals surface area (Å²) in [5, 5.41) is 20.5. The molecule has 5 nitrogen and oxygen atoms in total. The van der Waals surface area contributed by atoms with Crippen LogP contribution in [0.1, 0.15) is 84.5 Å². The second-order valence-corrected chi connectivity index (χ2v) is 6.06. The fraction of sp³-hybridized carbons (Fsp3) is 0.882. The van der Waals surface area contributed by atoms with Crippen molar-refractivity contribution in [3.8, 4) is 0 Å². The number of hydrogen-bond donors (Lipinski definition) is 3. The number of hydrogen-bond acceptors (Lipinski definition) is 3. The van der Waals surface area contributed by atoms with Crippen molar-refractivity contribution in [2.75, 3.05) is 0 Å². The van der Waals surface area contributed by atoms with Gasteiger partial charge >= 0.3 is 5.97 Å². The van der Waals surface area contributed by atoms with E-state index in [-0.39, 0.29) is 5.91 Å². The summed E-state index contributed by atoms with van der Waals surface area (Å²) in [6.07, 6.45) is 11.2. The molecule has 0 aliphatic carbocycles. The van der Waals surface area contributed by atoms with Crippen molar-refractivity contribution < 1.29 is 19.8 Å². The lowest BCUT2D eigenvalue weighted by Crippen LogP contribution is -2.47. The molecule has 5 heteroatoms. The SMILES string of the molecule is CCCCCCCCCCCCC(=O)N[C@H](C(=O)O)[C@@H](C)O. The molecule has 22 heavy (non-hydrogen) atoms. The highest BCUT2D eigenvalue weighted by Gasteiger charge is 2.24. The summed E-state index contributed by atoms with van der Waals surface area (Å²) in [4.78, 5) is 22.5. The molecule has 0 heterocycles. The Morgan fingerprint density at radius 3 is 1.77 bits per heavy atom. The van der Waals surface area contributed by atoms with E-state index in [1.807, 2.05) is 0 Å². The summed E-state index contributed by atoms with van der Waals surface area (Å²) in [5.74, 6) is -1.50. The number of carboxylic acid groups (broad SMARTS) is 1. The first-order valence-corrected chi connectivity index (χ1v) is 8.69. The van der Waals surface area contributed by atoms with Crippen LogP contribution in [0.3, 0.4) is 0 Å². The topological polar surface area (TPSA) is 86.6 Å². The van der Waals surface area contributed by atoms with Crippen molar-refractivity contribution in [3.05, 3.63) is 0 Å². The fourth-order valence-electron chi connectivity index (χ4n) is 2.41. The first kappa shape index (κ1) is 20.9. The van der Waals surface area contributed by atoms with Gasteiger partial charge in [-0.3, -0.25) is 4.79 Å². The van der Waals surface area contributed by atoms with Crippen molar-refractivity contribution in [3.63, 3.8) is 0 Å². The molecule has 0 aromatic heterocycles. The maximum absolute atomic E-state index is 11.6. The number of aliphatic hydroxyl groups excluding tert-OH is 1. The number of aliphatic hydroxyl groups is 1. The van der Waals surface area contributed by atoms with Gasteiger partial charge in [0.2, 0.25) is 5.91 Å². The summed E-state index contributed by atoms with van der Waals surface area (Å²) in [6.45, 7) is 3.58. The van der Waals surface area contributed by atoms with E-state index in [0.717, 1.165) is 19.3 Å². The minimum atomic E-state index is -1.21. The number of unbranched alkanes of at least 4 members (excludes halogenated alkanes) is 9. The molecule has 0 fully saturated rings. The quantitative estimate of drug-likeness (QED) is 0.429. The highest BCUT2D eigenvalue weighted by Crippen LogP contribution is 2.11. The van der Waals surface area contributed by atoms with Gasteiger partial charge in [-0.15, -0.1) is 0 Å². The first-order chi connectivity index (χ1) is 10.5. The fourth-order valence-corrected chi connectivity index (χ4v) is 2.41. The number of amides is 1. The summed E-state index contributed by atoms with van der Waals surface area (Å²) >= 11 is 0. The van der Waals surface area contributed by atoms with Crippen LogP contribution in [-0.4, -0.2) is 34.2 Å². The molecular formula is C17H33NO4. The lowest BCUT2D eigenvalue weighted by molar-refractivity contribution is -0.144.